The van der Waals surface area contributed by atoms with Gasteiger partial charge in [-0.05, 0) is 24.0 Å². The largest absolute Gasteiger partial charge is 0.472 e. The van der Waals surface area contributed by atoms with Crippen LogP contribution in [0.3, 0.4) is 0 Å². The molecule has 0 unspecified atom stereocenters. The maximum atomic E-state index is 5.88. The van der Waals surface area contributed by atoms with Gasteiger partial charge in [0, 0.05) is 0 Å². The molecule has 0 N–H and O–H groups in total. The van der Waals surface area contributed by atoms with Gasteiger partial charge in [-0.25, -0.2) is 4.98 Å². The van der Waals surface area contributed by atoms with Gasteiger partial charge in [0.05, 0.1) is 10.9 Å². The fourth-order valence-corrected chi connectivity index (χ4v) is 2.32. The van der Waals surface area contributed by atoms with E-state index >= 15 is 0 Å². The lowest BCUT2D eigenvalue weighted by molar-refractivity contribution is 0.295. The van der Waals surface area contributed by atoms with Gasteiger partial charge >= 0.3 is 0 Å². The highest BCUT2D eigenvalue weighted by Gasteiger charge is 2.08. The number of nitrogens with zero attached hydrogens (tertiary/aromatic N) is 2. The lowest BCUT2D eigenvalue weighted by Crippen LogP contribution is -2.00. The van der Waals surface area contributed by atoms with Crippen molar-refractivity contribution < 1.29 is 4.74 Å². The second-order valence-electron chi connectivity index (χ2n) is 4.31. The Morgan fingerprint density at radius 1 is 0.950 bits per heavy atom. The summed E-state index contributed by atoms with van der Waals surface area (Å²) in [5.74, 6) is 0.642. The molecule has 20 heavy (non-hydrogen) atoms. The molecule has 3 rings (SSSR count). The van der Waals surface area contributed by atoms with E-state index in [-0.39, 0.29) is 0 Å². The number of aromatic nitrogens is 2. The van der Waals surface area contributed by atoms with Crippen molar-refractivity contribution in [3.05, 3.63) is 60.2 Å². The minimum atomic E-state index is 0.510. The van der Waals surface area contributed by atoms with Crippen LogP contribution in [0.5, 0.6) is 5.88 Å². The Morgan fingerprint density at radius 3 is 2.50 bits per heavy atom. The summed E-state index contributed by atoms with van der Waals surface area (Å²) in [5.41, 5.74) is 2.04. The average Bonchev–Trinajstić information content (AvgIpc) is 2.53. The Hall–Kier alpha value is -2.07. The van der Waals surface area contributed by atoms with Gasteiger partial charge < -0.3 is 4.74 Å². The SMILES string of the molecule is CSc1nc(OCc2ccccc2)c2ccccc2n1. The van der Waals surface area contributed by atoms with Crippen molar-refractivity contribution in [2.45, 2.75) is 11.8 Å². The summed E-state index contributed by atoms with van der Waals surface area (Å²) in [6.45, 7) is 0.510. The Morgan fingerprint density at radius 2 is 1.70 bits per heavy atom. The molecular formula is C16H14N2OS. The van der Waals surface area contributed by atoms with Crippen molar-refractivity contribution in [1.29, 1.82) is 0 Å². The van der Waals surface area contributed by atoms with Crippen molar-refractivity contribution >= 4 is 22.7 Å². The number of hydrogen-bond donors (Lipinski definition) is 0. The smallest absolute Gasteiger partial charge is 0.225 e. The lowest BCUT2D eigenvalue weighted by atomic mass is 10.2. The van der Waals surface area contributed by atoms with E-state index in [4.69, 9.17) is 4.74 Å². The first-order chi connectivity index (χ1) is 9.86. The summed E-state index contributed by atoms with van der Waals surface area (Å²) in [4.78, 5) is 8.95. The summed E-state index contributed by atoms with van der Waals surface area (Å²) in [6.07, 6.45) is 1.96. The van der Waals surface area contributed by atoms with Crippen molar-refractivity contribution in [3.63, 3.8) is 0 Å². The highest BCUT2D eigenvalue weighted by atomic mass is 32.2. The molecule has 4 heteroatoms. The molecule has 0 spiro atoms. The van der Waals surface area contributed by atoms with Crippen LogP contribution in [0.2, 0.25) is 0 Å². The van der Waals surface area contributed by atoms with E-state index in [2.05, 4.69) is 9.97 Å². The van der Waals surface area contributed by atoms with Crippen LogP contribution in [-0.2, 0) is 6.61 Å². The third-order valence-electron chi connectivity index (χ3n) is 2.95. The topological polar surface area (TPSA) is 35.0 Å². The first kappa shape index (κ1) is 12.9. The molecule has 0 saturated carbocycles. The Kier molecular flexibility index (Phi) is 3.83. The van der Waals surface area contributed by atoms with Gasteiger partial charge in [-0.3, -0.25) is 0 Å². The molecule has 3 aromatic rings. The summed E-state index contributed by atoms with van der Waals surface area (Å²) in [6, 6.07) is 18.0. The van der Waals surface area contributed by atoms with Gasteiger partial charge in [0.25, 0.3) is 0 Å². The van der Waals surface area contributed by atoms with E-state index in [1.165, 1.54) is 11.8 Å². The van der Waals surface area contributed by atoms with E-state index in [9.17, 15) is 0 Å². The number of fused-ring (bicyclic) bond motifs is 1. The van der Waals surface area contributed by atoms with Crippen LogP contribution in [0.4, 0.5) is 0 Å². The molecule has 0 radical (unpaired) electrons. The first-order valence-electron chi connectivity index (χ1n) is 6.34. The maximum Gasteiger partial charge on any atom is 0.225 e. The van der Waals surface area contributed by atoms with Gasteiger partial charge in [0.15, 0.2) is 5.16 Å². The van der Waals surface area contributed by atoms with Crippen LogP contribution in [0.25, 0.3) is 10.9 Å². The van der Waals surface area contributed by atoms with Gasteiger partial charge in [-0.15, -0.1) is 0 Å². The molecular weight excluding hydrogens is 268 g/mol. The van der Waals surface area contributed by atoms with Crippen molar-refractivity contribution in [2.24, 2.45) is 0 Å². The van der Waals surface area contributed by atoms with Crippen LogP contribution >= 0.6 is 11.8 Å². The molecule has 0 fully saturated rings. The van der Waals surface area contributed by atoms with Gasteiger partial charge in [-0.2, -0.15) is 4.98 Å². The minimum absolute atomic E-state index is 0.510. The zero-order chi connectivity index (χ0) is 13.8. The van der Waals surface area contributed by atoms with Gasteiger partial charge in [0.1, 0.15) is 6.61 Å². The van der Waals surface area contributed by atoms with E-state index in [0.29, 0.717) is 12.5 Å². The van der Waals surface area contributed by atoms with Gasteiger partial charge in [-0.1, -0.05) is 54.2 Å². The Labute approximate surface area is 122 Å². The molecule has 0 amide bonds. The van der Waals surface area contributed by atoms with E-state index in [1.807, 2.05) is 60.9 Å². The zero-order valence-electron chi connectivity index (χ0n) is 11.1. The van der Waals surface area contributed by atoms with E-state index < -0.39 is 0 Å². The molecule has 2 aromatic carbocycles. The molecule has 0 aliphatic heterocycles. The number of thioether (sulfide) groups is 1. The Bertz CT molecular complexity index is 716. The van der Waals surface area contributed by atoms with Crippen molar-refractivity contribution in [3.8, 4) is 5.88 Å². The monoisotopic (exact) mass is 282 g/mol. The minimum Gasteiger partial charge on any atom is -0.472 e. The second kappa shape index (κ2) is 5.92. The number of hydrogen-bond acceptors (Lipinski definition) is 4. The molecule has 0 aliphatic carbocycles. The van der Waals surface area contributed by atoms with Crippen LogP contribution in [0, 0.1) is 0 Å². The number of benzene rings is 2. The van der Waals surface area contributed by atoms with Crippen LogP contribution < -0.4 is 4.74 Å². The van der Waals surface area contributed by atoms with Crippen LogP contribution in [0.15, 0.2) is 59.8 Å². The predicted molar refractivity (Wildman–Crippen MR) is 82.1 cm³/mol. The summed E-state index contributed by atoms with van der Waals surface area (Å²) in [7, 11) is 0. The average molecular weight is 282 g/mol. The molecule has 3 nitrogen and oxygen atoms in total. The lowest BCUT2D eigenvalue weighted by Gasteiger charge is -2.09. The summed E-state index contributed by atoms with van der Waals surface area (Å²) in [5, 5.41) is 1.67. The van der Waals surface area contributed by atoms with Crippen molar-refractivity contribution in [1.82, 2.24) is 9.97 Å². The maximum absolute atomic E-state index is 5.88. The molecule has 0 saturated heterocycles. The number of para-hydroxylation sites is 1. The van der Waals surface area contributed by atoms with Crippen LogP contribution in [0.1, 0.15) is 5.56 Å². The first-order valence-corrected chi connectivity index (χ1v) is 7.57. The van der Waals surface area contributed by atoms with Crippen LogP contribution in [-0.4, -0.2) is 16.2 Å². The predicted octanol–water partition coefficient (Wildman–Crippen LogP) is 3.93. The number of rotatable bonds is 4. The molecule has 1 aromatic heterocycles. The van der Waals surface area contributed by atoms with Gasteiger partial charge in [0.2, 0.25) is 5.88 Å². The highest BCUT2D eigenvalue weighted by Crippen LogP contribution is 2.25. The fourth-order valence-electron chi connectivity index (χ4n) is 1.95. The standard InChI is InChI=1S/C16H14N2OS/c1-20-16-17-14-10-6-5-9-13(14)15(18-16)19-11-12-7-3-2-4-8-12/h2-10H,11H2,1H3. The number of ether oxygens (including phenoxy) is 1. The fraction of sp³-hybridized carbons (Fsp3) is 0.125. The summed E-state index contributed by atoms with van der Waals surface area (Å²) >= 11 is 1.52. The third kappa shape index (κ3) is 2.75. The summed E-state index contributed by atoms with van der Waals surface area (Å²) < 4.78 is 5.88. The quantitative estimate of drug-likeness (QED) is 0.536. The normalized spacial score (nSPS) is 10.7. The molecule has 100 valence electrons. The zero-order valence-corrected chi connectivity index (χ0v) is 11.9. The van der Waals surface area contributed by atoms with E-state index in [1.54, 1.807) is 0 Å². The second-order valence-corrected chi connectivity index (χ2v) is 5.08. The third-order valence-corrected chi connectivity index (χ3v) is 3.50. The van der Waals surface area contributed by atoms with E-state index in [0.717, 1.165) is 21.6 Å². The molecule has 0 bridgehead atoms. The highest BCUT2D eigenvalue weighted by molar-refractivity contribution is 7.98. The molecule has 1 heterocycles. The van der Waals surface area contributed by atoms with Crippen molar-refractivity contribution in [2.75, 3.05) is 6.26 Å². The molecule has 0 atom stereocenters. The Balaban J connectivity index is 1.93. The molecule has 0 aliphatic rings.